The van der Waals surface area contributed by atoms with Crippen LogP contribution in [0, 0.1) is 0 Å². The van der Waals surface area contributed by atoms with Gasteiger partial charge >= 0.3 is 0 Å². The predicted octanol–water partition coefficient (Wildman–Crippen LogP) is 5.19. The van der Waals surface area contributed by atoms with E-state index < -0.39 is 0 Å². The van der Waals surface area contributed by atoms with Crippen molar-refractivity contribution < 1.29 is 0 Å². The first-order valence-electron chi connectivity index (χ1n) is 6.83. The van der Waals surface area contributed by atoms with Crippen LogP contribution in [-0.2, 0) is 0 Å². The standard InChI is InChI=1S/C15H18BrClN4/c1-4-18-14-13(9(2)3)15(20-8-19-14)21-12-6-5-10(16)7-11(12)17/h5-9H,4H2,1-3H3,(H2,18,19,20,21). The Morgan fingerprint density at radius 2 is 1.95 bits per heavy atom. The quantitative estimate of drug-likeness (QED) is 0.761. The fourth-order valence-electron chi connectivity index (χ4n) is 2.07. The Hall–Kier alpha value is -1.33. The van der Waals surface area contributed by atoms with E-state index in [1.807, 2.05) is 25.1 Å². The second kappa shape index (κ2) is 7.09. The van der Waals surface area contributed by atoms with E-state index in [0.717, 1.165) is 33.9 Å². The van der Waals surface area contributed by atoms with Gasteiger partial charge in [0.25, 0.3) is 0 Å². The van der Waals surface area contributed by atoms with Gasteiger partial charge < -0.3 is 10.6 Å². The molecule has 1 aromatic heterocycles. The highest BCUT2D eigenvalue weighted by atomic mass is 79.9. The summed E-state index contributed by atoms with van der Waals surface area (Å²) in [7, 11) is 0. The molecule has 0 aliphatic rings. The lowest BCUT2D eigenvalue weighted by Gasteiger charge is -2.18. The maximum atomic E-state index is 6.26. The molecule has 1 aromatic carbocycles. The van der Waals surface area contributed by atoms with Gasteiger partial charge in [0.15, 0.2) is 0 Å². The van der Waals surface area contributed by atoms with E-state index in [0.29, 0.717) is 5.02 Å². The van der Waals surface area contributed by atoms with Gasteiger partial charge in [-0.3, -0.25) is 0 Å². The molecule has 0 radical (unpaired) electrons. The van der Waals surface area contributed by atoms with Crippen molar-refractivity contribution in [1.82, 2.24) is 9.97 Å². The fourth-order valence-corrected chi connectivity index (χ4v) is 2.79. The number of nitrogens with one attached hydrogen (secondary N) is 2. The summed E-state index contributed by atoms with van der Waals surface area (Å²) in [5, 5.41) is 7.22. The number of hydrogen-bond donors (Lipinski definition) is 2. The van der Waals surface area contributed by atoms with E-state index in [2.05, 4.69) is 50.4 Å². The minimum absolute atomic E-state index is 0.289. The number of hydrogen-bond acceptors (Lipinski definition) is 4. The van der Waals surface area contributed by atoms with Crippen LogP contribution in [0.2, 0.25) is 5.02 Å². The number of nitrogens with zero attached hydrogens (tertiary/aromatic N) is 2. The number of benzene rings is 1. The summed E-state index contributed by atoms with van der Waals surface area (Å²) < 4.78 is 0.943. The van der Waals surface area contributed by atoms with Gasteiger partial charge in [0.05, 0.1) is 10.7 Å². The Balaban J connectivity index is 2.41. The fraction of sp³-hybridized carbons (Fsp3) is 0.333. The zero-order valence-corrected chi connectivity index (χ0v) is 14.6. The minimum atomic E-state index is 0.289. The third-order valence-electron chi connectivity index (χ3n) is 2.99. The van der Waals surface area contributed by atoms with E-state index in [-0.39, 0.29) is 5.92 Å². The lowest BCUT2D eigenvalue weighted by molar-refractivity contribution is 0.849. The minimum Gasteiger partial charge on any atom is -0.370 e. The molecule has 0 saturated heterocycles. The third-order valence-corrected chi connectivity index (χ3v) is 3.80. The van der Waals surface area contributed by atoms with Gasteiger partial charge in [-0.1, -0.05) is 41.4 Å². The van der Waals surface area contributed by atoms with Gasteiger partial charge in [-0.15, -0.1) is 0 Å². The molecule has 0 aliphatic carbocycles. The first kappa shape index (κ1) is 16.0. The number of anilines is 3. The van der Waals surface area contributed by atoms with Crippen LogP contribution < -0.4 is 10.6 Å². The molecule has 21 heavy (non-hydrogen) atoms. The van der Waals surface area contributed by atoms with Gasteiger partial charge in [0.1, 0.15) is 18.0 Å². The Bertz CT molecular complexity index is 631. The second-order valence-electron chi connectivity index (χ2n) is 4.92. The molecule has 0 spiro atoms. The van der Waals surface area contributed by atoms with Gasteiger partial charge in [-0.2, -0.15) is 0 Å². The molecule has 2 rings (SSSR count). The molecule has 2 aromatic rings. The lowest BCUT2D eigenvalue weighted by Crippen LogP contribution is -2.09. The maximum Gasteiger partial charge on any atom is 0.139 e. The van der Waals surface area contributed by atoms with Gasteiger partial charge in [0.2, 0.25) is 0 Å². The Morgan fingerprint density at radius 1 is 1.24 bits per heavy atom. The summed E-state index contributed by atoms with van der Waals surface area (Å²) in [4.78, 5) is 8.69. The summed E-state index contributed by atoms with van der Waals surface area (Å²) in [6.07, 6.45) is 1.55. The van der Waals surface area contributed by atoms with Crippen LogP contribution in [0.4, 0.5) is 17.3 Å². The van der Waals surface area contributed by atoms with E-state index in [1.165, 1.54) is 0 Å². The Labute approximate surface area is 138 Å². The SMILES string of the molecule is CCNc1ncnc(Nc2ccc(Br)cc2Cl)c1C(C)C. The van der Waals surface area contributed by atoms with Crippen LogP contribution in [0.25, 0.3) is 0 Å². The van der Waals surface area contributed by atoms with Crippen molar-refractivity contribution in [1.29, 1.82) is 0 Å². The monoisotopic (exact) mass is 368 g/mol. The molecule has 6 heteroatoms. The van der Waals surface area contributed by atoms with Crippen molar-refractivity contribution in [2.45, 2.75) is 26.7 Å². The average molecular weight is 370 g/mol. The summed E-state index contributed by atoms with van der Waals surface area (Å²) in [5.74, 6) is 1.93. The van der Waals surface area contributed by atoms with Crippen LogP contribution in [-0.4, -0.2) is 16.5 Å². The molecule has 0 amide bonds. The topological polar surface area (TPSA) is 49.8 Å². The smallest absolute Gasteiger partial charge is 0.139 e. The average Bonchev–Trinajstić information content (AvgIpc) is 2.42. The Kier molecular flexibility index (Phi) is 5.42. The highest BCUT2D eigenvalue weighted by molar-refractivity contribution is 9.10. The molecule has 1 heterocycles. The van der Waals surface area contributed by atoms with Gasteiger partial charge in [-0.25, -0.2) is 9.97 Å². The highest BCUT2D eigenvalue weighted by Crippen LogP contribution is 2.33. The van der Waals surface area contributed by atoms with Crippen LogP contribution in [0.5, 0.6) is 0 Å². The second-order valence-corrected chi connectivity index (χ2v) is 6.24. The van der Waals surface area contributed by atoms with Crippen molar-refractivity contribution in [3.8, 4) is 0 Å². The Morgan fingerprint density at radius 3 is 2.57 bits per heavy atom. The number of aromatic nitrogens is 2. The summed E-state index contributed by atoms with van der Waals surface area (Å²) >= 11 is 9.66. The number of rotatable bonds is 5. The maximum absolute atomic E-state index is 6.26. The zero-order chi connectivity index (χ0) is 15.4. The summed E-state index contributed by atoms with van der Waals surface area (Å²) in [5.41, 5.74) is 1.88. The molecule has 0 fully saturated rings. The van der Waals surface area contributed by atoms with Crippen molar-refractivity contribution in [2.75, 3.05) is 17.2 Å². The first-order valence-corrected chi connectivity index (χ1v) is 8.00. The molecular formula is C15H18BrClN4. The first-order chi connectivity index (χ1) is 10.0. The zero-order valence-electron chi connectivity index (χ0n) is 12.2. The summed E-state index contributed by atoms with van der Waals surface area (Å²) in [6.45, 7) is 7.10. The molecular weight excluding hydrogens is 352 g/mol. The predicted molar refractivity (Wildman–Crippen MR) is 92.7 cm³/mol. The van der Waals surface area contributed by atoms with E-state index in [1.54, 1.807) is 6.33 Å². The normalized spacial score (nSPS) is 10.8. The van der Waals surface area contributed by atoms with Gasteiger partial charge in [-0.05, 0) is 31.0 Å². The van der Waals surface area contributed by atoms with E-state index in [9.17, 15) is 0 Å². The molecule has 0 unspecified atom stereocenters. The molecule has 0 bridgehead atoms. The molecule has 0 saturated carbocycles. The van der Waals surface area contributed by atoms with Crippen molar-refractivity contribution in [3.63, 3.8) is 0 Å². The van der Waals surface area contributed by atoms with Crippen LogP contribution >= 0.6 is 27.5 Å². The lowest BCUT2D eigenvalue weighted by atomic mass is 10.0. The largest absolute Gasteiger partial charge is 0.370 e. The molecule has 2 N–H and O–H groups in total. The van der Waals surface area contributed by atoms with E-state index >= 15 is 0 Å². The van der Waals surface area contributed by atoms with E-state index in [4.69, 9.17) is 11.6 Å². The highest BCUT2D eigenvalue weighted by Gasteiger charge is 2.15. The van der Waals surface area contributed by atoms with Crippen molar-refractivity contribution >= 4 is 44.9 Å². The molecule has 112 valence electrons. The van der Waals surface area contributed by atoms with Crippen LogP contribution in [0.15, 0.2) is 29.0 Å². The third kappa shape index (κ3) is 3.86. The molecule has 4 nitrogen and oxygen atoms in total. The van der Waals surface area contributed by atoms with Crippen LogP contribution in [0.1, 0.15) is 32.3 Å². The number of halogens is 2. The summed E-state index contributed by atoms with van der Waals surface area (Å²) in [6, 6.07) is 5.71. The molecule has 0 aliphatic heterocycles. The van der Waals surface area contributed by atoms with Gasteiger partial charge in [0, 0.05) is 16.6 Å². The molecule has 0 atom stereocenters. The van der Waals surface area contributed by atoms with Crippen molar-refractivity contribution in [3.05, 3.63) is 39.6 Å². The van der Waals surface area contributed by atoms with Crippen molar-refractivity contribution in [2.24, 2.45) is 0 Å². The van der Waals surface area contributed by atoms with Crippen LogP contribution in [0.3, 0.4) is 0 Å².